The number of aryl methyl sites for hydroxylation is 1. The normalized spacial score (nSPS) is 14.8. The number of rotatable bonds is 5. The summed E-state index contributed by atoms with van der Waals surface area (Å²) in [6.45, 7) is 3.81. The molecule has 1 aromatic carbocycles. The van der Waals surface area contributed by atoms with Crippen LogP contribution in [0.5, 0.6) is 0 Å². The van der Waals surface area contributed by atoms with Crippen molar-refractivity contribution in [1.82, 2.24) is 10.2 Å². The van der Waals surface area contributed by atoms with E-state index in [1.807, 2.05) is 6.92 Å². The lowest BCUT2D eigenvalue weighted by atomic mass is 10.1. The molecule has 112 valence electrons. The summed E-state index contributed by atoms with van der Waals surface area (Å²) >= 11 is 0. The lowest BCUT2D eigenvalue weighted by Crippen LogP contribution is -2.46. The van der Waals surface area contributed by atoms with Crippen LogP contribution in [0.15, 0.2) is 12.1 Å². The van der Waals surface area contributed by atoms with E-state index in [1.54, 1.807) is 13.0 Å². The van der Waals surface area contributed by atoms with E-state index < -0.39 is 23.7 Å². The van der Waals surface area contributed by atoms with Gasteiger partial charge in [-0.2, -0.15) is 0 Å². The maximum atomic E-state index is 14.0. The van der Waals surface area contributed by atoms with Crippen molar-refractivity contribution in [2.75, 3.05) is 0 Å². The van der Waals surface area contributed by atoms with Gasteiger partial charge in [-0.1, -0.05) is 19.4 Å². The molecule has 0 aliphatic carbocycles. The summed E-state index contributed by atoms with van der Waals surface area (Å²) in [5, 5.41) is 2.07. The third kappa shape index (κ3) is 2.79. The zero-order valence-corrected chi connectivity index (χ0v) is 12.0. The molecule has 1 aromatic rings. The van der Waals surface area contributed by atoms with Crippen LogP contribution in [0.1, 0.15) is 41.3 Å². The zero-order valence-electron chi connectivity index (χ0n) is 12.0. The van der Waals surface area contributed by atoms with Gasteiger partial charge in [0.15, 0.2) is 0 Å². The Hall–Kier alpha value is -2.24. The molecule has 6 heteroatoms. The molecular weight excluding hydrogens is 275 g/mol. The number of carbonyl (C=O) groups is 3. The summed E-state index contributed by atoms with van der Waals surface area (Å²) in [6.07, 6.45) is 1.38. The second-order valence-electron chi connectivity index (χ2n) is 5.14. The minimum atomic E-state index is -0.764. The third-order valence-corrected chi connectivity index (χ3v) is 3.57. The highest BCUT2D eigenvalue weighted by atomic mass is 19.1. The molecule has 0 spiro atoms. The number of fused-ring (bicyclic) bond motifs is 1. The van der Waals surface area contributed by atoms with Gasteiger partial charge in [0, 0.05) is 6.54 Å². The van der Waals surface area contributed by atoms with Crippen molar-refractivity contribution >= 4 is 18.2 Å². The van der Waals surface area contributed by atoms with Crippen LogP contribution in [0.4, 0.5) is 4.39 Å². The van der Waals surface area contributed by atoms with Gasteiger partial charge in [-0.15, -0.1) is 0 Å². The number of carbonyl (C=O) groups excluding carboxylic acids is 3. The number of nitrogens with one attached hydrogen (secondary N) is 1. The number of hydrogen-bond acceptors (Lipinski definition) is 3. The SMILES string of the molecule is CCCC(C(=O)NC=O)N1Cc2cc(C)cc(F)c2C1=O. The summed E-state index contributed by atoms with van der Waals surface area (Å²) in [5.74, 6) is -1.60. The Balaban J connectivity index is 2.34. The van der Waals surface area contributed by atoms with Crippen LogP contribution >= 0.6 is 0 Å². The van der Waals surface area contributed by atoms with E-state index in [1.165, 1.54) is 11.0 Å². The van der Waals surface area contributed by atoms with Crippen LogP contribution < -0.4 is 5.32 Å². The highest BCUT2D eigenvalue weighted by Crippen LogP contribution is 2.29. The molecule has 1 unspecified atom stereocenters. The molecule has 0 bridgehead atoms. The first-order valence-corrected chi connectivity index (χ1v) is 6.83. The predicted molar refractivity (Wildman–Crippen MR) is 73.9 cm³/mol. The van der Waals surface area contributed by atoms with E-state index in [9.17, 15) is 18.8 Å². The first-order chi connectivity index (χ1) is 9.99. The molecule has 3 amide bonds. The molecular formula is C15H17FN2O3. The van der Waals surface area contributed by atoms with Crippen molar-refractivity contribution < 1.29 is 18.8 Å². The van der Waals surface area contributed by atoms with Crippen molar-refractivity contribution in [2.24, 2.45) is 0 Å². The Morgan fingerprint density at radius 2 is 2.24 bits per heavy atom. The monoisotopic (exact) mass is 292 g/mol. The summed E-state index contributed by atoms with van der Waals surface area (Å²) in [4.78, 5) is 36.1. The smallest absolute Gasteiger partial charge is 0.258 e. The van der Waals surface area contributed by atoms with Crippen LogP contribution in [-0.4, -0.2) is 29.2 Å². The summed E-state index contributed by atoms with van der Waals surface area (Å²) in [7, 11) is 0. The van der Waals surface area contributed by atoms with E-state index in [0.717, 1.165) is 5.56 Å². The quantitative estimate of drug-likeness (QED) is 0.837. The van der Waals surface area contributed by atoms with Crippen LogP contribution in [0.3, 0.4) is 0 Å². The number of halogens is 1. The van der Waals surface area contributed by atoms with Crippen LogP contribution in [0, 0.1) is 12.7 Å². The second kappa shape index (κ2) is 6.03. The average Bonchev–Trinajstić information content (AvgIpc) is 2.73. The summed E-state index contributed by atoms with van der Waals surface area (Å²) in [5.41, 5.74) is 1.34. The van der Waals surface area contributed by atoms with Gasteiger partial charge in [0.2, 0.25) is 12.3 Å². The molecule has 0 aromatic heterocycles. The van der Waals surface area contributed by atoms with Crippen LogP contribution in [0.2, 0.25) is 0 Å². The van der Waals surface area contributed by atoms with E-state index >= 15 is 0 Å². The molecule has 0 fully saturated rings. The molecule has 0 radical (unpaired) electrons. The molecule has 1 aliphatic rings. The molecule has 0 saturated carbocycles. The summed E-state index contributed by atoms with van der Waals surface area (Å²) < 4.78 is 14.0. The summed E-state index contributed by atoms with van der Waals surface area (Å²) in [6, 6.07) is 2.29. The third-order valence-electron chi connectivity index (χ3n) is 3.57. The van der Waals surface area contributed by atoms with Crippen molar-refractivity contribution in [3.05, 3.63) is 34.6 Å². The lowest BCUT2D eigenvalue weighted by Gasteiger charge is -2.25. The van der Waals surface area contributed by atoms with E-state index in [4.69, 9.17) is 0 Å². The minimum Gasteiger partial charge on any atom is -0.322 e. The molecule has 2 rings (SSSR count). The van der Waals surface area contributed by atoms with Gasteiger partial charge in [-0.3, -0.25) is 19.7 Å². The second-order valence-corrected chi connectivity index (χ2v) is 5.14. The Labute approximate surface area is 122 Å². The Morgan fingerprint density at radius 1 is 1.52 bits per heavy atom. The first kappa shape index (κ1) is 15.2. The maximum absolute atomic E-state index is 14.0. The van der Waals surface area contributed by atoms with Gasteiger partial charge in [0.25, 0.3) is 5.91 Å². The maximum Gasteiger partial charge on any atom is 0.258 e. The standard InChI is InChI=1S/C15H17FN2O3/c1-3-4-12(14(20)17-8-19)18-7-10-5-9(2)6-11(16)13(10)15(18)21/h5-6,8,12H,3-4,7H2,1-2H3,(H,17,19,20). The van der Waals surface area contributed by atoms with Crippen LogP contribution in [0.25, 0.3) is 0 Å². The fraction of sp³-hybridized carbons (Fsp3) is 0.400. The fourth-order valence-electron chi connectivity index (χ4n) is 2.69. The van der Waals surface area contributed by atoms with Crippen LogP contribution in [-0.2, 0) is 16.1 Å². The highest BCUT2D eigenvalue weighted by molar-refractivity contribution is 6.02. The Bertz CT molecular complexity index is 601. The lowest BCUT2D eigenvalue weighted by molar-refractivity contribution is -0.129. The molecule has 5 nitrogen and oxygen atoms in total. The van der Waals surface area contributed by atoms with Crippen molar-refractivity contribution in [3.8, 4) is 0 Å². The highest BCUT2D eigenvalue weighted by Gasteiger charge is 2.37. The molecule has 0 saturated heterocycles. The van der Waals surface area contributed by atoms with Gasteiger partial charge < -0.3 is 4.90 Å². The molecule has 1 heterocycles. The first-order valence-electron chi connectivity index (χ1n) is 6.83. The topological polar surface area (TPSA) is 66.5 Å². The van der Waals surface area contributed by atoms with E-state index in [2.05, 4.69) is 5.32 Å². The van der Waals surface area contributed by atoms with E-state index in [0.29, 0.717) is 24.8 Å². The number of imide groups is 1. The molecule has 1 aliphatic heterocycles. The molecule has 1 atom stereocenters. The predicted octanol–water partition coefficient (Wildman–Crippen LogP) is 1.53. The largest absolute Gasteiger partial charge is 0.322 e. The number of benzene rings is 1. The average molecular weight is 292 g/mol. The minimum absolute atomic E-state index is 0.0283. The fourth-order valence-corrected chi connectivity index (χ4v) is 2.69. The Kier molecular flexibility index (Phi) is 4.35. The van der Waals surface area contributed by atoms with Gasteiger partial charge in [-0.25, -0.2) is 4.39 Å². The van der Waals surface area contributed by atoms with Gasteiger partial charge in [-0.05, 0) is 30.5 Å². The van der Waals surface area contributed by atoms with Gasteiger partial charge in [0.1, 0.15) is 11.9 Å². The van der Waals surface area contributed by atoms with Crippen molar-refractivity contribution in [1.29, 1.82) is 0 Å². The molecule has 1 N–H and O–H groups in total. The number of amides is 3. The Morgan fingerprint density at radius 3 is 2.86 bits per heavy atom. The van der Waals surface area contributed by atoms with Gasteiger partial charge in [0.05, 0.1) is 5.56 Å². The number of nitrogens with zero attached hydrogens (tertiary/aromatic N) is 1. The van der Waals surface area contributed by atoms with Gasteiger partial charge >= 0.3 is 0 Å². The van der Waals surface area contributed by atoms with Crippen molar-refractivity contribution in [3.63, 3.8) is 0 Å². The molecule has 21 heavy (non-hydrogen) atoms. The van der Waals surface area contributed by atoms with Crippen molar-refractivity contribution in [2.45, 2.75) is 39.3 Å². The number of hydrogen-bond donors (Lipinski definition) is 1. The van der Waals surface area contributed by atoms with E-state index in [-0.39, 0.29) is 12.1 Å². The zero-order chi connectivity index (χ0) is 15.6.